The van der Waals surface area contributed by atoms with Crippen molar-refractivity contribution in [3.63, 3.8) is 0 Å². The number of anilines is 2. The van der Waals surface area contributed by atoms with E-state index in [0.29, 0.717) is 6.54 Å². The Bertz CT molecular complexity index is 1350. The standard InChI is InChI=1S/C29H30N4OS/c1-31(2)22-16-14-20(15-17-22)27-25-12-8-18-32(25)28-24(23-11-6-7-13-26(23)35-28)19-33(27)29(34)30-21-9-4-3-5-10-21/h3-5,8-10,12,14-18,27H,6-7,11,13,19H2,1-2H3,(H,30,34)/t27-/m0/s1. The number of nitrogens with one attached hydrogen (secondary N) is 1. The van der Waals surface area contributed by atoms with Gasteiger partial charge in [-0.3, -0.25) is 0 Å². The molecule has 1 aliphatic carbocycles. The lowest BCUT2D eigenvalue weighted by Gasteiger charge is -2.31. The van der Waals surface area contributed by atoms with E-state index < -0.39 is 0 Å². The Balaban J connectivity index is 1.49. The van der Waals surface area contributed by atoms with Crippen LogP contribution in [0, 0.1) is 0 Å². The van der Waals surface area contributed by atoms with E-state index in [1.54, 1.807) is 0 Å². The van der Waals surface area contributed by atoms with E-state index in [4.69, 9.17) is 0 Å². The number of hydrogen-bond acceptors (Lipinski definition) is 3. The molecule has 4 aromatic rings. The number of carbonyl (C=O) groups is 1. The third-order valence-electron chi connectivity index (χ3n) is 7.19. The Morgan fingerprint density at radius 1 is 0.943 bits per heavy atom. The van der Waals surface area contributed by atoms with Gasteiger partial charge in [0.2, 0.25) is 0 Å². The molecule has 0 unspecified atom stereocenters. The first-order valence-corrected chi connectivity index (χ1v) is 13.1. The van der Waals surface area contributed by atoms with Gasteiger partial charge in [-0.1, -0.05) is 30.3 Å². The number of hydrogen-bond donors (Lipinski definition) is 1. The second-order valence-electron chi connectivity index (χ2n) is 9.61. The van der Waals surface area contributed by atoms with Crippen LogP contribution in [0.4, 0.5) is 16.2 Å². The first-order chi connectivity index (χ1) is 17.1. The van der Waals surface area contributed by atoms with Crippen LogP contribution in [0.3, 0.4) is 0 Å². The first kappa shape index (κ1) is 22.0. The van der Waals surface area contributed by atoms with Crippen LogP contribution < -0.4 is 10.2 Å². The van der Waals surface area contributed by atoms with Crippen molar-refractivity contribution < 1.29 is 4.79 Å². The Morgan fingerprint density at radius 2 is 1.71 bits per heavy atom. The maximum Gasteiger partial charge on any atom is 0.322 e. The summed E-state index contributed by atoms with van der Waals surface area (Å²) in [6, 6.07) is 22.4. The number of carbonyl (C=O) groups excluding carboxylic acids is 1. The van der Waals surface area contributed by atoms with Crippen molar-refractivity contribution in [2.75, 3.05) is 24.3 Å². The molecule has 0 saturated heterocycles. The number of aryl methyl sites for hydroxylation is 1. The zero-order valence-corrected chi connectivity index (χ0v) is 21.0. The van der Waals surface area contributed by atoms with Crippen LogP contribution in [-0.4, -0.2) is 29.6 Å². The summed E-state index contributed by atoms with van der Waals surface area (Å²) in [5.74, 6) is 0. The first-order valence-electron chi connectivity index (χ1n) is 12.3. The Hall–Kier alpha value is -3.51. The molecule has 178 valence electrons. The highest BCUT2D eigenvalue weighted by molar-refractivity contribution is 7.15. The lowest BCUT2D eigenvalue weighted by atomic mass is 9.95. The van der Waals surface area contributed by atoms with Crippen molar-refractivity contribution in [3.05, 3.63) is 100 Å². The molecule has 0 spiro atoms. The van der Waals surface area contributed by atoms with Gasteiger partial charge in [0.05, 0.1) is 18.3 Å². The fourth-order valence-corrected chi connectivity index (χ4v) is 6.81. The molecule has 1 atom stereocenters. The van der Waals surface area contributed by atoms with Crippen molar-refractivity contribution >= 4 is 28.7 Å². The molecule has 2 aromatic carbocycles. The van der Waals surface area contributed by atoms with E-state index in [2.05, 4.69) is 57.4 Å². The second-order valence-corrected chi connectivity index (χ2v) is 10.7. The Morgan fingerprint density at radius 3 is 2.49 bits per heavy atom. The quantitative estimate of drug-likeness (QED) is 0.356. The van der Waals surface area contributed by atoms with Gasteiger partial charge in [-0.2, -0.15) is 0 Å². The number of benzene rings is 2. The zero-order valence-electron chi connectivity index (χ0n) is 20.2. The molecule has 2 amide bonds. The van der Waals surface area contributed by atoms with Crippen molar-refractivity contribution in [2.45, 2.75) is 38.3 Å². The highest BCUT2D eigenvalue weighted by Crippen LogP contribution is 2.44. The van der Waals surface area contributed by atoms with Gasteiger partial charge in [0.1, 0.15) is 5.00 Å². The average molecular weight is 483 g/mol. The van der Waals surface area contributed by atoms with E-state index in [0.717, 1.165) is 35.5 Å². The van der Waals surface area contributed by atoms with Crippen LogP contribution in [0.5, 0.6) is 0 Å². The average Bonchev–Trinajstić information content (AvgIpc) is 3.46. The molecule has 0 radical (unpaired) electrons. The van der Waals surface area contributed by atoms with Crippen molar-refractivity contribution in [2.24, 2.45) is 0 Å². The smallest absolute Gasteiger partial charge is 0.322 e. The van der Waals surface area contributed by atoms with Gasteiger partial charge < -0.3 is 19.7 Å². The fourth-order valence-electron chi connectivity index (χ4n) is 5.41. The lowest BCUT2D eigenvalue weighted by Crippen LogP contribution is -2.38. The van der Waals surface area contributed by atoms with Crippen LogP contribution in [-0.2, 0) is 19.4 Å². The maximum absolute atomic E-state index is 13.9. The minimum atomic E-state index is -0.191. The monoisotopic (exact) mass is 482 g/mol. The molecule has 3 heterocycles. The number of rotatable bonds is 3. The summed E-state index contributed by atoms with van der Waals surface area (Å²) in [7, 11) is 4.10. The summed E-state index contributed by atoms with van der Waals surface area (Å²) < 4.78 is 2.33. The highest BCUT2D eigenvalue weighted by Gasteiger charge is 2.36. The van der Waals surface area contributed by atoms with Crippen LogP contribution >= 0.6 is 11.3 Å². The van der Waals surface area contributed by atoms with E-state index in [-0.39, 0.29) is 12.1 Å². The molecule has 0 bridgehead atoms. The minimum Gasteiger partial charge on any atom is -0.378 e. The molecule has 6 rings (SSSR count). The minimum absolute atomic E-state index is 0.0748. The number of aromatic nitrogens is 1. The Labute approximate surface area is 210 Å². The topological polar surface area (TPSA) is 40.5 Å². The van der Waals surface area contributed by atoms with Crippen LogP contribution in [0.15, 0.2) is 72.9 Å². The van der Waals surface area contributed by atoms with E-state index in [1.807, 2.05) is 60.7 Å². The van der Waals surface area contributed by atoms with E-state index >= 15 is 0 Å². The van der Waals surface area contributed by atoms with Crippen molar-refractivity contribution in [3.8, 4) is 5.00 Å². The highest BCUT2D eigenvalue weighted by atomic mass is 32.1. The van der Waals surface area contributed by atoms with Gasteiger partial charge in [0, 0.05) is 42.1 Å². The zero-order chi connectivity index (χ0) is 23.9. The van der Waals surface area contributed by atoms with Crippen LogP contribution in [0.1, 0.15) is 46.1 Å². The van der Waals surface area contributed by atoms with Gasteiger partial charge >= 0.3 is 6.03 Å². The Kier molecular flexibility index (Phi) is 5.61. The number of para-hydroxylation sites is 1. The van der Waals surface area contributed by atoms with Gasteiger partial charge in [-0.05, 0) is 73.2 Å². The number of amides is 2. The molecule has 6 heteroatoms. The molecule has 0 saturated carbocycles. The van der Waals surface area contributed by atoms with E-state index in [9.17, 15) is 4.79 Å². The largest absolute Gasteiger partial charge is 0.378 e. The lowest BCUT2D eigenvalue weighted by molar-refractivity contribution is 0.194. The third-order valence-corrected chi connectivity index (χ3v) is 8.52. The van der Waals surface area contributed by atoms with Gasteiger partial charge in [0.25, 0.3) is 0 Å². The molecule has 2 aliphatic rings. The number of thiophene rings is 1. The molecular weight excluding hydrogens is 452 g/mol. The number of nitrogens with zero attached hydrogens (tertiary/aromatic N) is 3. The molecule has 0 fully saturated rings. The predicted octanol–water partition coefficient (Wildman–Crippen LogP) is 6.62. The summed E-state index contributed by atoms with van der Waals surface area (Å²) in [4.78, 5) is 19.5. The predicted molar refractivity (Wildman–Crippen MR) is 144 cm³/mol. The summed E-state index contributed by atoms with van der Waals surface area (Å²) >= 11 is 1.92. The van der Waals surface area contributed by atoms with Gasteiger partial charge in [-0.15, -0.1) is 11.3 Å². The van der Waals surface area contributed by atoms with E-state index in [1.165, 1.54) is 33.8 Å². The molecule has 1 aliphatic heterocycles. The van der Waals surface area contributed by atoms with Crippen LogP contribution in [0.2, 0.25) is 0 Å². The fraction of sp³-hybridized carbons (Fsp3) is 0.276. The van der Waals surface area contributed by atoms with Gasteiger partial charge in [-0.25, -0.2) is 4.79 Å². The van der Waals surface area contributed by atoms with Crippen molar-refractivity contribution in [1.29, 1.82) is 0 Å². The SMILES string of the molecule is CN(C)c1ccc([C@H]2c3cccn3-c3sc4c(c3CN2C(=O)Nc2ccccc2)CCCC4)cc1. The molecule has 35 heavy (non-hydrogen) atoms. The number of urea groups is 1. The maximum atomic E-state index is 13.9. The molecule has 1 N–H and O–H groups in total. The van der Waals surface area contributed by atoms with Crippen molar-refractivity contribution in [1.82, 2.24) is 9.47 Å². The molecule has 2 aromatic heterocycles. The summed E-state index contributed by atoms with van der Waals surface area (Å²) in [5.41, 5.74) is 6.98. The molecular formula is C29H30N4OS. The third kappa shape index (κ3) is 3.92. The number of fused-ring (bicyclic) bond motifs is 5. The normalized spacial score (nSPS) is 16.6. The molecule has 5 nitrogen and oxygen atoms in total. The van der Waals surface area contributed by atoms with Gasteiger partial charge in [0.15, 0.2) is 0 Å². The van der Waals surface area contributed by atoms with Crippen LogP contribution in [0.25, 0.3) is 5.00 Å². The summed E-state index contributed by atoms with van der Waals surface area (Å²) in [6.45, 7) is 0.599. The summed E-state index contributed by atoms with van der Waals surface area (Å²) in [5, 5.41) is 4.45. The summed E-state index contributed by atoms with van der Waals surface area (Å²) in [6.07, 6.45) is 6.89. The second kappa shape index (κ2) is 8.93.